The molecule has 30 heavy (non-hydrogen) atoms. The highest BCUT2D eigenvalue weighted by Crippen LogP contribution is 2.38. The molecule has 1 amide bonds. The Balaban J connectivity index is 1.58. The summed E-state index contributed by atoms with van der Waals surface area (Å²) in [6, 6.07) is 3.58. The van der Waals surface area contributed by atoms with Gasteiger partial charge in [0.25, 0.3) is 5.91 Å². The topological polar surface area (TPSA) is 114 Å². The highest BCUT2D eigenvalue weighted by molar-refractivity contribution is 9.10. The van der Waals surface area contributed by atoms with E-state index in [2.05, 4.69) is 30.3 Å². The number of piperidine rings is 1. The number of nitrogens with one attached hydrogen (secondary N) is 1. The summed E-state index contributed by atoms with van der Waals surface area (Å²) in [6.07, 6.45) is 0.946. The normalized spacial score (nSPS) is 22.6. The van der Waals surface area contributed by atoms with Gasteiger partial charge in [-0.2, -0.15) is 12.7 Å². The second-order valence-electron chi connectivity index (χ2n) is 6.76. The highest BCUT2D eigenvalue weighted by Gasteiger charge is 2.44. The van der Waals surface area contributed by atoms with E-state index in [-0.39, 0.29) is 48.0 Å². The molecule has 1 N–H and O–H groups in total. The van der Waals surface area contributed by atoms with Gasteiger partial charge in [0.1, 0.15) is 24.4 Å². The predicted molar refractivity (Wildman–Crippen MR) is 107 cm³/mol. The second-order valence-corrected chi connectivity index (χ2v) is 9.28. The molecule has 2 saturated heterocycles. The first-order chi connectivity index (χ1) is 14.3. The van der Waals surface area contributed by atoms with Gasteiger partial charge in [0.05, 0.1) is 29.4 Å². The molecule has 0 radical (unpaired) electrons. The van der Waals surface area contributed by atoms with Crippen LogP contribution >= 0.6 is 15.9 Å². The van der Waals surface area contributed by atoms with Crippen LogP contribution in [0.5, 0.6) is 5.75 Å². The Labute approximate surface area is 180 Å². The van der Waals surface area contributed by atoms with E-state index in [0.29, 0.717) is 5.75 Å². The van der Waals surface area contributed by atoms with Crippen molar-refractivity contribution >= 4 is 43.6 Å². The number of methoxy groups -OCH3 is 1. The molecule has 0 saturated carbocycles. The lowest BCUT2D eigenvalue weighted by atomic mass is 9.98. The zero-order valence-corrected chi connectivity index (χ0v) is 18.2. The van der Waals surface area contributed by atoms with Crippen LogP contribution in [0.1, 0.15) is 6.42 Å². The molecule has 2 fully saturated rings. The first-order valence-corrected chi connectivity index (χ1v) is 11.2. The van der Waals surface area contributed by atoms with Crippen molar-refractivity contribution in [3.8, 4) is 5.75 Å². The maximum absolute atomic E-state index is 14.2. The number of carbonyl (C=O) groups excluding carboxylic acids is 1. The standard InChI is InChI=1S/C17H18BrFN4O6S/c1-27-14-6-10(18)11(19)7-13(14)23-12-2-4-22(8-15(12)28-9-17(23)24)30(25,26)21-16-3-5-29-20-16/h3,5-7,12,15H,2,4,8-9H2,1H3,(H,20,21)/t12-,15-/m0/s1. The van der Waals surface area contributed by atoms with Gasteiger partial charge in [0.2, 0.25) is 0 Å². The Morgan fingerprint density at radius 1 is 1.40 bits per heavy atom. The number of benzene rings is 1. The fraction of sp³-hybridized carbons (Fsp3) is 0.412. The molecule has 2 aromatic rings. The molecule has 1 aromatic heterocycles. The summed E-state index contributed by atoms with van der Waals surface area (Å²) in [5, 5.41) is 3.54. The van der Waals surface area contributed by atoms with Crippen molar-refractivity contribution in [2.24, 2.45) is 0 Å². The third-order valence-corrected chi connectivity index (χ3v) is 7.09. The van der Waals surface area contributed by atoms with E-state index in [9.17, 15) is 17.6 Å². The number of fused-ring (bicyclic) bond motifs is 1. The molecule has 0 unspecified atom stereocenters. The number of carbonyl (C=O) groups is 1. The number of halogens is 2. The van der Waals surface area contributed by atoms with E-state index in [0.717, 1.165) is 0 Å². The molecule has 0 bridgehead atoms. The minimum absolute atomic E-state index is 0.0168. The number of amides is 1. The van der Waals surface area contributed by atoms with Crippen LogP contribution in [0, 0.1) is 5.82 Å². The number of morpholine rings is 1. The van der Waals surface area contributed by atoms with E-state index in [1.807, 2.05) is 0 Å². The summed E-state index contributed by atoms with van der Waals surface area (Å²) in [5.74, 6) is -0.514. The van der Waals surface area contributed by atoms with Gasteiger partial charge >= 0.3 is 10.2 Å². The van der Waals surface area contributed by atoms with Gasteiger partial charge in [0.15, 0.2) is 5.82 Å². The monoisotopic (exact) mass is 504 g/mol. The summed E-state index contributed by atoms with van der Waals surface area (Å²) in [6.45, 7) is -0.113. The van der Waals surface area contributed by atoms with Gasteiger partial charge in [-0.15, -0.1) is 0 Å². The highest BCUT2D eigenvalue weighted by atomic mass is 79.9. The molecule has 0 aliphatic carbocycles. The molecule has 3 heterocycles. The summed E-state index contributed by atoms with van der Waals surface area (Å²) >= 11 is 3.11. The molecular weight excluding hydrogens is 487 g/mol. The van der Waals surface area contributed by atoms with E-state index in [1.54, 1.807) is 0 Å². The van der Waals surface area contributed by atoms with Crippen molar-refractivity contribution in [1.29, 1.82) is 0 Å². The van der Waals surface area contributed by atoms with Gasteiger partial charge in [-0.25, -0.2) is 4.39 Å². The maximum atomic E-state index is 14.2. The number of hydrogen-bond donors (Lipinski definition) is 1. The predicted octanol–water partition coefficient (Wildman–Crippen LogP) is 1.75. The van der Waals surface area contributed by atoms with Crippen LogP contribution in [0.4, 0.5) is 15.9 Å². The fourth-order valence-corrected chi connectivity index (χ4v) is 5.14. The first kappa shape index (κ1) is 21.0. The molecule has 13 heteroatoms. The second kappa shape index (κ2) is 8.13. The number of aromatic nitrogens is 1. The van der Waals surface area contributed by atoms with Crippen molar-refractivity contribution < 1.29 is 31.6 Å². The Hall–Kier alpha value is -2.22. The Morgan fingerprint density at radius 2 is 2.20 bits per heavy atom. The lowest BCUT2D eigenvalue weighted by Crippen LogP contribution is -2.62. The zero-order chi connectivity index (χ0) is 21.5. The van der Waals surface area contributed by atoms with Crippen LogP contribution in [0.25, 0.3) is 0 Å². The Kier molecular flexibility index (Phi) is 5.70. The van der Waals surface area contributed by atoms with Gasteiger partial charge in [-0.05, 0) is 28.4 Å². The van der Waals surface area contributed by atoms with Crippen molar-refractivity contribution in [2.45, 2.75) is 18.6 Å². The van der Waals surface area contributed by atoms with Gasteiger partial charge < -0.3 is 18.9 Å². The smallest absolute Gasteiger partial charge is 0.302 e. The summed E-state index contributed by atoms with van der Waals surface area (Å²) in [5.41, 5.74) is 0.276. The molecule has 4 rings (SSSR count). The molecule has 162 valence electrons. The van der Waals surface area contributed by atoms with E-state index >= 15 is 0 Å². The number of nitrogens with zero attached hydrogens (tertiary/aromatic N) is 3. The van der Waals surface area contributed by atoms with Crippen LogP contribution in [-0.2, 0) is 19.7 Å². The van der Waals surface area contributed by atoms with Crippen LogP contribution < -0.4 is 14.4 Å². The van der Waals surface area contributed by atoms with E-state index in [1.165, 1.54) is 40.8 Å². The van der Waals surface area contributed by atoms with Crippen molar-refractivity contribution in [1.82, 2.24) is 9.46 Å². The molecule has 1 aromatic carbocycles. The van der Waals surface area contributed by atoms with E-state index < -0.39 is 28.2 Å². The van der Waals surface area contributed by atoms with Crippen LogP contribution in [0.3, 0.4) is 0 Å². The van der Waals surface area contributed by atoms with Gasteiger partial charge in [-0.1, -0.05) is 5.16 Å². The number of anilines is 2. The Bertz CT molecular complexity index is 1050. The SMILES string of the molecule is COc1cc(Br)c(F)cc1N1C(=O)CO[C@H]2CN(S(=O)(=O)Nc3ccon3)CC[C@@H]21. The quantitative estimate of drug-likeness (QED) is 0.659. The first-order valence-electron chi connectivity index (χ1n) is 8.95. The number of ether oxygens (including phenoxy) is 2. The van der Waals surface area contributed by atoms with Gasteiger partial charge in [-0.3, -0.25) is 9.52 Å². The molecule has 10 nitrogen and oxygen atoms in total. The average Bonchev–Trinajstić information content (AvgIpc) is 3.21. The lowest BCUT2D eigenvalue weighted by molar-refractivity contribution is -0.134. The third kappa shape index (κ3) is 3.89. The average molecular weight is 505 g/mol. The van der Waals surface area contributed by atoms with Crippen molar-refractivity contribution in [2.75, 3.05) is 36.4 Å². The van der Waals surface area contributed by atoms with Crippen LogP contribution in [-0.4, -0.2) is 62.7 Å². The molecule has 2 atom stereocenters. The number of hydrogen-bond acceptors (Lipinski definition) is 7. The van der Waals surface area contributed by atoms with Crippen molar-refractivity contribution in [3.05, 3.63) is 34.8 Å². The zero-order valence-electron chi connectivity index (χ0n) is 15.7. The Morgan fingerprint density at radius 3 is 2.90 bits per heavy atom. The summed E-state index contributed by atoms with van der Waals surface area (Å²) < 4.78 is 58.9. The van der Waals surface area contributed by atoms with Crippen LogP contribution in [0.2, 0.25) is 0 Å². The molecule has 2 aliphatic heterocycles. The minimum Gasteiger partial charge on any atom is -0.495 e. The van der Waals surface area contributed by atoms with E-state index in [4.69, 9.17) is 9.47 Å². The molecule has 0 spiro atoms. The van der Waals surface area contributed by atoms with Gasteiger partial charge in [0, 0.05) is 25.2 Å². The van der Waals surface area contributed by atoms with Crippen molar-refractivity contribution in [3.63, 3.8) is 0 Å². The maximum Gasteiger partial charge on any atom is 0.302 e. The lowest BCUT2D eigenvalue weighted by Gasteiger charge is -2.46. The van der Waals surface area contributed by atoms with Crippen LogP contribution in [0.15, 0.2) is 33.5 Å². The number of rotatable bonds is 5. The summed E-state index contributed by atoms with van der Waals surface area (Å²) in [7, 11) is -2.46. The summed E-state index contributed by atoms with van der Waals surface area (Å²) in [4.78, 5) is 14.1. The fourth-order valence-electron chi connectivity index (χ4n) is 3.63. The molecule has 2 aliphatic rings. The molecular formula is C17H18BrFN4O6S. The largest absolute Gasteiger partial charge is 0.495 e. The third-order valence-electron chi connectivity index (χ3n) is 5.00. The minimum atomic E-state index is -3.89.